The molecule has 0 saturated carbocycles. The molecule has 1 aliphatic heterocycles. The Morgan fingerprint density at radius 2 is 2.24 bits per heavy atom. The number of rotatable bonds is 3. The number of carbonyl (C=O) groups excluding carboxylic acids is 1. The van der Waals surface area contributed by atoms with Crippen molar-refractivity contribution in [2.45, 2.75) is 32.1 Å². The lowest BCUT2D eigenvalue weighted by atomic mass is 9.86. The minimum Gasteiger partial charge on any atom is -0.330 e. The second-order valence-corrected chi connectivity index (χ2v) is 4.68. The monoisotopic (exact) mass is 232 g/mol. The van der Waals surface area contributed by atoms with Crippen molar-refractivity contribution in [1.29, 1.82) is 0 Å². The van der Waals surface area contributed by atoms with E-state index in [9.17, 15) is 4.79 Å². The molecule has 0 aliphatic carbocycles. The molecule has 0 saturated heterocycles. The van der Waals surface area contributed by atoms with Crippen LogP contribution in [0.25, 0.3) is 0 Å². The van der Waals surface area contributed by atoms with Gasteiger partial charge in [-0.05, 0) is 42.5 Å². The van der Waals surface area contributed by atoms with Crippen LogP contribution in [0, 0.1) is 0 Å². The molecule has 1 aromatic carbocycles. The summed E-state index contributed by atoms with van der Waals surface area (Å²) in [5, 5.41) is 0. The van der Waals surface area contributed by atoms with Gasteiger partial charge in [-0.3, -0.25) is 4.79 Å². The molecule has 3 nitrogen and oxygen atoms in total. The molecule has 2 N–H and O–H groups in total. The van der Waals surface area contributed by atoms with Crippen molar-refractivity contribution in [3.05, 3.63) is 29.3 Å². The van der Waals surface area contributed by atoms with Crippen molar-refractivity contribution in [1.82, 2.24) is 0 Å². The van der Waals surface area contributed by atoms with E-state index in [0.717, 1.165) is 18.5 Å². The molecule has 0 radical (unpaired) electrons. The van der Waals surface area contributed by atoms with E-state index >= 15 is 0 Å². The van der Waals surface area contributed by atoms with Gasteiger partial charge in [-0.15, -0.1) is 0 Å². The van der Waals surface area contributed by atoms with E-state index in [0.29, 0.717) is 18.9 Å². The zero-order valence-electron chi connectivity index (χ0n) is 10.6. The van der Waals surface area contributed by atoms with Gasteiger partial charge in [-0.1, -0.05) is 19.1 Å². The number of benzene rings is 1. The van der Waals surface area contributed by atoms with E-state index in [-0.39, 0.29) is 5.91 Å². The number of hydrogen-bond donors (Lipinski definition) is 1. The van der Waals surface area contributed by atoms with Crippen LogP contribution < -0.4 is 10.6 Å². The van der Waals surface area contributed by atoms with Gasteiger partial charge in [-0.2, -0.15) is 0 Å². The first-order valence-electron chi connectivity index (χ1n) is 6.26. The van der Waals surface area contributed by atoms with E-state index in [4.69, 9.17) is 5.73 Å². The number of anilines is 1. The second-order valence-electron chi connectivity index (χ2n) is 4.68. The molecule has 0 fully saturated rings. The Hall–Kier alpha value is -1.35. The molecule has 0 spiro atoms. The van der Waals surface area contributed by atoms with Crippen LogP contribution in [0.4, 0.5) is 5.69 Å². The minimum atomic E-state index is 0.195. The molecular formula is C14H20N2O. The molecule has 0 aromatic heterocycles. The fourth-order valence-corrected chi connectivity index (χ4v) is 2.51. The van der Waals surface area contributed by atoms with Crippen LogP contribution in [0.2, 0.25) is 0 Å². The van der Waals surface area contributed by atoms with Gasteiger partial charge >= 0.3 is 0 Å². The Kier molecular flexibility index (Phi) is 3.48. The van der Waals surface area contributed by atoms with E-state index in [1.54, 1.807) is 4.90 Å². The summed E-state index contributed by atoms with van der Waals surface area (Å²) in [6, 6.07) is 6.40. The number of fused-ring (bicyclic) bond motifs is 1. The molecule has 17 heavy (non-hydrogen) atoms. The summed E-state index contributed by atoms with van der Waals surface area (Å²) in [4.78, 5) is 13.6. The Balaban J connectivity index is 2.44. The van der Waals surface area contributed by atoms with Gasteiger partial charge in [0.15, 0.2) is 0 Å². The molecule has 1 unspecified atom stereocenters. The summed E-state index contributed by atoms with van der Waals surface area (Å²) in [6.07, 6.45) is 2.51. The number of hydrogen-bond acceptors (Lipinski definition) is 2. The van der Waals surface area contributed by atoms with Gasteiger partial charge in [0.05, 0.1) is 0 Å². The van der Waals surface area contributed by atoms with Gasteiger partial charge in [0.2, 0.25) is 5.91 Å². The van der Waals surface area contributed by atoms with Crippen LogP contribution >= 0.6 is 0 Å². The average Bonchev–Trinajstić information content (AvgIpc) is 2.35. The largest absolute Gasteiger partial charge is 0.330 e. The molecule has 3 heteroatoms. The molecule has 0 bridgehead atoms. The zero-order valence-corrected chi connectivity index (χ0v) is 10.6. The average molecular weight is 232 g/mol. The summed E-state index contributed by atoms with van der Waals surface area (Å²) in [7, 11) is 1.85. The van der Waals surface area contributed by atoms with Crippen LogP contribution in [-0.2, 0) is 11.2 Å². The van der Waals surface area contributed by atoms with E-state index in [1.165, 1.54) is 11.1 Å². The third-order valence-corrected chi connectivity index (χ3v) is 3.61. The molecule has 1 aliphatic rings. The van der Waals surface area contributed by atoms with Crippen molar-refractivity contribution in [3.63, 3.8) is 0 Å². The number of amides is 1. The highest BCUT2D eigenvalue weighted by Crippen LogP contribution is 2.37. The highest BCUT2D eigenvalue weighted by Gasteiger charge is 2.28. The topological polar surface area (TPSA) is 46.3 Å². The lowest BCUT2D eigenvalue weighted by molar-refractivity contribution is -0.119. The van der Waals surface area contributed by atoms with Gasteiger partial charge in [0.25, 0.3) is 0 Å². The summed E-state index contributed by atoms with van der Waals surface area (Å²) < 4.78 is 0. The van der Waals surface area contributed by atoms with E-state index in [1.807, 2.05) is 7.05 Å². The molecule has 1 atom stereocenters. The second kappa shape index (κ2) is 4.88. The van der Waals surface area contributed by atoms with Crippen LogP contribution in [0.5, 0.6) is 0 Å². The Morgan fingerprint density at radius 1 is 1.47 bits per heavy atom. The van der Waals surface area contributed by atoms with Gasteiger partial charge in [0.1, 0.15) is 0 Å². The maximum Gasteiger partial charge on any atom is 0.227 e. The van der Waals surface area contributed by atoms with Crippen LogP contribution in [0.15, 0.2) is 18.2 Å². The predicted molar refractivity (Wildman–Crippen MR) is 70.3 cm³/mol. The van der Waals surface area contributed by atoms with Crippen molar-refractivity contribution in [3.8, 4) is 0 Å². The van der Waals surface area contributed by atoms with Crippen molar-refractivity contribution >= 4 is 11.6 Å². The molecule has 1 aromatic rings. The number of nitrogens with two attached hydrogens (primary N) is 1. The summed E-state index contributed by atoms with van der Waals surface area (Å²) in [5.74, 6) is 0.491. The van der Waals surface area contributed by atoms with E-state index < -0.39 is 0 Å². The maximum absolute atomic E-state index is 11.9. The Labute approximate surface area is 103 Å². The highest BCUT2D eigenvalue weighted by atomic mass is 16.2. The molecule has 1 amide bonds. The van der Waals surface area contributed by atoms with Crippen molar-refractivity contribution < 1.29 is 4.79 Å². The van der Waals surface area contributed by atoms with Crippen molar-refractivity contribution in [2.24, 2.45) is 5.73 Å². The summed E-state index contributed by atoms with van der Waals surface area (Å²) in [5.41, 5.74) is 9.31. The minimum absolute atomic E-state index is 0.195. The lowest BCUT2D eigenvalue weighted by Gasteiger charge is -2.32. The normalized spacial score (nSPS) is 19.4. The third kappa shape index (κ3) is 2.20. The number of carbonyl (C=O) groups is 1. The SMILES string of the molecule is CCc1ccc2c(c1)C(CCN)CC(=O)N2C. The number of nitrogens with zero attached hydrogens (tertiary/aromatic N) is 1. The number of aryl methyl sites for hydroxylation is 1. The van der Waals surface area contributed by atoms with Gasteiger partial charge in [0, 0.05) is 19.2 Å². The van der Waals surface area contributed by atoms with Crippen LogP contribution in [-0.4, -0.2) is 19.5 Å². The fraction of sp³-hybridized carbons (Fsp3) is 0.500. The summed E-state index contributed by atoms with van der Waals surface area (Å²) >= 11 is 0. The highest BCUT2D eigenvalue weighted by molar-refractivity contribution is 5.96. The first kappa shape index (κ1) is 12.1. The zero-order chi connectivity index (χ0) is 12.4. The Bertz CT molecular complexity index is 428. The van der Waals surface area contributed by atoms with Crippen LogP contribution in [0.3, 0.4) is 0 Å². The van der Waals surface area contributed by atoms with Gasteiger partial charge < -0.3 is 10.6 Å². The first-order chi connectivity index (χ1) is 8.17. The van der Waals surface area contributed by atoms with Crippen molar-refractivity contribution in [2.75, 3.05) is 18.5 Å². The quantitative estimate of drug-likeness (QED) is 0.867. The maximum atomic E-state index is 11.9. The fourth-order valence-electron chi connectivity index (χ4n) is 2.51. The molecule has 1 heterocycles. The van der Waals surface area contributed by atoms with E-state index in [2.05, 4.69) is 25.1 Å². The smallest absolute Gasteiger partial charge is 0.227 e. The standard InChI is InChI=1S/C14H20N2O/c1-3-10-4-5-13-12(8-10)11(6-7-15)9-14(17)16(13)2/h4-5,8,11H,3,6-7,9,15H2,1-2H3. The van der Waals surface area contributed by atoms with Gasteiger partial charge in [-0.25, -0.2) is 0 Å². The Morgan fingerprint density at radius 3 is 2.88 bits per heavy atom. The summed E-state index contributed by atoms with van der Waals surface area (Å²) in [6.45, 7) is 2.79. The third-order valence-electron chi connectivity index (χ3n) is 3.61. The predicted octanol–water partition coefficient (Wildman–Crippen LogP) is 2.05. The first-order valence-corrected chi connectivity index (χ1v) is 6.26. The molecule has 2 rings (SSSR count). The van der Waals surface area contributed by atoms with Crippen LogP contribution in [0.1, 0.15) is 36.8 Å². The molecular weight excluding hydrogens is 212 g/mol. The molecule has 92 valence electrons. The lowest BCUT2D eigenvalue weighted by Crippen LogP contribution is -2.33.